The second-order valence-corrected chi connectivity index (χ2v) is 2.48. The minimum absolute atomic E-state index is 0.0278. The number of allylic oxidation sites excluding steroid dienone is 2. The molecule has 0 aromatic rings. The number of carbonyl (C=O) groups is 1. The van der Waals surface area contributed by atoms with Crippen LogP contribution in [-0.2, 0) is 14.2 Å². The van der Waals surface area contributed by atoms with Crippen molar-refractivity contribution in [2.75, 3.05) is 26.4 Å². The van der Waals surface area contributed by atoms with Crippen LogP contribution in [0.15, 0.2) is 24.7 Å². The third kappa shape index (κ3) is 20.7. The molecule has 0 bridgehead atoms. The Morgan fingerprint density at radius 2 is 1.41 bits per heavy atom. The lowest BCUT2D eigenvalue weighted by Gasteiger charge is -1.94. The summed E-state index contributed by atoms with van der Waals surface area (Å²) < 4.78 is 13.4. The monoisotopic (exact) mass is 248 g/mol. The van der Waals surface area contributed by atoms with Crippen LogP contribution in [0.4, 0.5) is 4.79 Å². The maximum atomic E-state index is 10.4. The first-order chi connectivity index (χ1) is 8.22. The Bertz CT molecular complexity index is 192. The number of hydrogen-bond acceptors (Lipinski definition) is 6. The summed E-state index contributed by atoms with van der Waals surface area (Å²) in [5.41, 5.74) is 0. The third-order valence-electron chi connectivity index (χ3n) is 1.07. The molecule has 0 aliphatic rings. The highest BCUT2D eigenvalue weighted by Gasteiger charge is 1.94. The molecule has 0 heterocycles. The van der Waals surface area contributed by atoms with Crippen molar-refractivity contribution < 1.29 is 29.2 Å². The van der Waals surface area contributed by atoms with E-state index in [2.05, 4.69) is 14.2 Å². The molecule has 0 atom stereocenters. The van der Waals surface area contributed by atoms with Crippen molar-refractivity contribution >= 4 is 6.16 Å². The van der Waals surface area contributed by atoms with E-state index in [-0.39, 0.29) is 13.2 Å². The highest BCUT2D eigenvalue weighted by Crippen LogP contribution is 1.86. The molecule has 17 heavy (non-hydrogen) atoms. The third-order valence-corrected chi connectivity index (χ3v) is 1.07. The Kier molecular flexibility index (Phi) is 18.0. The van der Waals surface area contributed by atoms with Crippen molar-refractivity contribution in [3.05, 3.63) is 24.7 Å². The van der Waals surface area contributed by atoms with Gasteiger partial charge in [-0.25, -0.2) is 4.79 Å². The lowest BCUT2D eigenvalue weighted by atomic mass is 10.7. The van der Waals surface area contributed by atoms with E-state index in [1.54, 1.807) is 26.0 Å². The minimum atomic E-state index is -0.726. The first-order valence-corrected chi connectivity index (χ1v) is 5.11. The molecule has 6 heteroatoms. The summed E-state index contributed by atoms with van der Waals surface area (Å²) in [5, 5.41) is 16.2. The minimum Gasteiger partial charge on any atom is -0.403 e. The second-order valence-electron chi connectivity index (χ2n) is 2.48. The van der Waals surface area contributed by atoms with E-state index in [1.165, 1.54) is 12.5 Å². The largest absolute Gasteiger partial charge is 0.518 e. The maximum absolute atomic E-state index is 10.4. The Morgan fingerprint density at radius 3 is 1.71 bits per heavy atom. The molecule has 0 aromatic carbocycles. The number of ether oxygens (including phenoxy) is 3. The zero-order valence-corrected chi connectivity index (χ0v) is 10.2. The number of carbonyl (C=O) groups excluding carboxylic acids is 1. The molecule has 0 radical (unpaired) electrons. The summed E-state index contributed by atoms with van der Waals surface area (Å²) in [6.45, 7) is 4.17. The van der Waals surface area contributed by atoms with Crippen LogP contribution in [0.2, 0.25) is 0 Å². The molecule has 2 N–H and O–H groups in total. The standard InChI is InChI=1S/C7H10O3.C4H10O3/c1-3-5-9-7(8)10-6-4-2;5-1-3-7-4-2-6/h3-6H,1-2H3;5-6H,1-4H2. The van der Waals surface area contributed by atoms with Gasteiger partial charge in [0, 0.05) is 0 Å². The summed E-state index contributed by atoms with van der Waals surface area (Å²) in [6, 6.07) is 0. The van der Waals surface area contributed by atoms with Gasteiger partial charge in [0.05, 0.1) is 39.0 Å². The number of aliphatic hydroxyl groups is 2. The molecule has 6 nitrogen and oxygen atoms in total. The van der Waals surface area contributed by atoms with Gasteiger partial charge < -0.3 is 24.4 Å². The fourth-order valence-corrected chi connectivity index (χ4v) is 0.506. The molecule has 0 rings (SSSR count). The summed E-state index contributed by atoms with van der Waals surface area (Å²) in [4.78, 5) is 10.4. The van der Waals surface area contributed by atoms with Crippen LogP contribution in [0.3, 0.4) is 0 Å². The number of rotatable bonds is 6. The SMILES string of the molecule is CC=COC(=O)OC=CC.OCCOCCO. The van der Waals surface area contributed by atoms with Gasteiger partial charge in [0.2, 0.25) is 0 Å². The highest BCUT2D eigenvalue weighted by atomic mass is 16.7. The fraction of sp³-hybridized carbons (Fsp3) is 0.545. The highest BCUT2D eigenvalue weighted by molar-refractivity contribution is 5.61. The predicted octanol–water partition coefficient (Wildman–Crippen LogP) is 1.19. The Morgan fingerprint density at radius 1 is 1.00 bits per heavy atom. The normalized spacial score (nSPS) is 10.1. The Hall–Kier alpha value is -1.37. The van der Waals surface area contributed by atoms with Gasteiger partial charge in [-0.2, -0.15) is 0 Å². The molecule has 0 aromatic heterocycles. The van der Waals surface area contributed by atoms with E-state index in [0.717, 1.165) is 0 Å². The van der Waals surface area contributed by atoms with E-state index in [0.29, 0.717) is 13.2 Å². The van der Waals surface area contributed by atoms with Crippen molar-refractivity contribution in [3.8, 4) is 0 Å². The quantitative estimate of drug-likeness (QED) is 0.417. The lowest BCUT2D eigenvalue weighted by molar-refractivity contribution is 0.0650. The zero-order chi connectivity index (χ0) is 13.4. The van der Waals surface area contributed by atoms with Crippen LogP contribution in [0.5, 0.6) is 0 Å². The van der Waals surface area contributed by atoms with Crippen LogP contribution in [0, 0.1) is 0 Å². The van der Waals surface area contributed by atoms with Crippen LogP contribution < -0.4 is 0 Å². The van der Waals surface area contributed by atoms with Gasteiger partial charge in [0.25, 0.3) is 0 Å². The number of hydrogen-bond donors (Lipinski definition) is 2. The molecule has 100 valence electrons. The van der Waals surface area contributed by atoms with E-state index in [4.69, 9.17) is 10.2 Å². The Balaban J connectivity index is 0. The van der Waals surface area contributed by atoms with Crippen LogP contribution >= 0.6 is 0 Å². The van der Waals surface area contributed by atoms with Crippen molar-refractivity contribution in [3.63, 3.8) is 0 Å². The van der Waals surface area contributed by atoms with Gasteiger partial charge in [-0.3, -0.25) is 0 Å². The summed E-state index contributed by atoms with van der Waals surface area (Å²) >= 11 is 0. The molecule has 0 spiro atoms. The molecular formula is C11H20O6. The predicted molar refractivity (Wildman–Crippen MR) is 62.2 cm³/mol. The van der Waals surface area contributed by atoms with E-state index in [1.807, 2.05) is 0 Å². The average Bonchev–Trinajstić information content (AvgIpc) is 2.35. The smallest absolute Gasteiger partial charge is 0.403 e. The van der Waals surface area contributed by atoms with Crippen molar-refractivity contribution in [2.24, 2.45) is 0 Å². The molecular weight excluding hydrogens is 228 g/mol. The van der Waals surface area contributed by atoms with Crippen molar-refractivity contribution in [1.29, 1.82) is 0 Å². The van der Waals surface area contributed by atoms with Gasteiger partial charge in [-0.05, 0) is 13.8 Å². The first kappa shape index (κ1) is 18.0. The van der Waals surface area contributed by atoms with Crippen molar-refractivity contribution in [2.45, 2.75) is 13.8 Å². The fourth-order valence-electron chi connectivity index (χ4n) is 0.506. The van der Waals surface area contributed by atoms with Gasteiger partial charge in [0.15, 0.2) is 0 Å². The van der Waals surface area contributed by atoms with Crippen molar-refractivity contribution in [1.82, 2.24) is 0 Å². The molecule has 0 aliphatic heterocycles. The lowest BCUT2D eigenvalue weighted by Crippen LogP contribution is -2.03. The molecule has 0 amide bonds. The second kappa shape index (κ2) is 17.0. The average molecular weight is 248 g/mol. The zero-order valence-electron chi connectivity index (χ0n) is 10.2. The van der Waals surface area contributed by atoms with E-state index in [9.17, 15) is 4.79 Å². The van der Waals surface area contributed by atoms with Gasteiger partial charge in [0.1, 0.15) is 0 Å². The van der Waals surface area contributed by atoms with Gasteiger partial charge in [-0.15, -0.1) is 0 Å². The summed E-state index contributed by atoms with van der Waals surface area (Å²) in [5.74, 6) is 0. The molecule has 0 aliphatic carbocycles. The van der Waals surface area contributed by atoms with Crippen LogP contribution in [0.25, 0.3) is 0 Å². The van der Waals surface area contributed by atoms with Gasteiger partial charge in [-0.1, -0.05) is 12.2 Å². The maximum Gasteiger partial charge on any atom is 0.518 e. The first-order valence-electron chi connectivity index (χ1n) is 5.11. The Labute approximate surface area is 101 Å². The summed E-state index contributed by atoms with van der Waals surface area (Å²) in [7, 11) is 0. The molecule has 0 saturated carbocycles. The topological polar surface area (TPSA) is 85.2 Å². The van der Waals surface area contributed by atoms with Crippen LogP contribution in [0.1, 0.15) is 13.8 Å². The van der Waals surface area contributed by atoms with Gasteiger partial charge >= 0.3 is 6.16 Å². The molecule has 0 saturated heterocycles. The number of aliphatic hydroxyl groups excluding tert-OH is 2. The molecule has 0 unspecified atom stereocenters. The van der Waals surface area contributed by atoms with E-state index >= 15 is 0 Å². The summed E-state index contributed by atoms with van der Waals surface area (Å²) in [6.07, 6.45) is 4.97. The molecule has 0 fully saturated rings. The van der Waals surface area contributed by atoms with E-state index < -0.39 is 6.16 Å². The van der Waals surface area contributed by atoms with Crippen LogP contribution in [-0.4, -0.2) is 42.8 Å².